The first-order chi connectivity index (χ1) is 10.2. The number of hydrogen-bond acceptors (Lipinski definition) is 4. The lowest BCUT2D eigenvalue weighted by Crippen LogP contribution is -2.33. The SMILES string of the molecule is Oc1ccc(CNCC2CCc3ccc(O)cc3O2)cc1. The van der Waals surface area contributed by atoms with E-state index < -0.39 is 0 Å². The zero-order valence-electron chi connectivity index (χ0n) is 11.7. The van der Waals surface area contributed by atoms with Gasteiger partial charge < -0.3 is 20.3 Å². The van der Waals surface area contributed by atoms with Crippen LogP contribution in [0, 0.1) is 0 Å². The molecular weight excluding hydrogens is 266 g/mol. The molecule has 2 aromatic carbocycles. The minimum Gasteiger partial charge on any atom is -0.508 e. The second kappa shape index (κ2) is 6.06. The maximum atomic E-state index is 9.51. The number of aromatic hydroxyl groups is 2. The summed E-state index contributed by atoms with van der Waals surface area (Å²) in [5.41, 5.74) is 2.28. The second-order valence-electron chi connectivity index (χ2n) is 5.37. The molecule has 21 heavy (non-hydrogen) atoms. The molecule has 1 aliphatic heterocycles. The fraction of sp³-hybridized carbons (Fsp3) is 0.294. The Kier molecular flexibility index (Phi) is 3.97. The molecule has 0 saturated carbocycles. The second-order valence-corrected chi connectivity index (χ2v) is 5.37. The van der Waals surface area contributed by atoms with Crippen molar-refractivity contribution in [3.05, 3.63) is 53.6 Å². The highest BCUT2D eigenvalue weighted by molar-refractivity contribution is 5.41. The maximum Gasteiger partial charge on any atom is 0.126 e. The van der Waals surface area contributed by atoms with Crippen LogP contribution in [0.3, 0.4) is 0 Å². The van der Waals surface area contributed by atoms with Gasteiger partial charge in [0.2, 0.25) is 0 Å². The molecule has 3 N–H and O–H groups in total. The Morgan fingerprint density at radius 3 is 2.62 bits per heavy atom. The van der Waals surface area contributed by atoms with Crippen molar-refractivity contribution in [1.29, 1.82) is 0 Å². The third kappa shape index (κ3) is 3.47. The van der Waals surface area contributed by atoms with E-state index in [0.29, 0.717) is 0 Å². The lowest BCUT2D eigenvalue weighted by molar-refractivity contribution is 0.169. The number of fused-ring (bicyclic) bond motifs is 1. The normalized spacial score (nSPS) is 17.0. The Balaban J connectivity index is 1.52. The van der Waals surface area contributed by atoms with E-state index in [1.54, 1.807) is 24.3 Å². The third-order valence-corrected chi connectivity index (χ3v) is 3.72. The van der Waals surface area contributed by atoms with Crippen molar-refractivity contribution >= 4 is 0 Å². The van der Waals surface area contributed by atoms with E-state index >= 15 is 0 Å². The molecule has 1 unspecified atom stereocenters. The highest BCUT2D eigenvalue weighted by atomic mass is 16.5. The summed E-state index contributed by atoms with van der Waals surface area (Å²) >= 11 is 0. The summed E-state index contributed by atoms with van der Waals surface area (Å²) < 4.78 is 5.91. The third-order valence-electron chi connectivity index (χ3n) is 3.72. The fourth-order valence-electron chi connectivity index (χ4n) is 2.55. The van der Waals surface area contributed by atoms with Crippen LogP contribution in [0.4, 0.5) is 0 Å². The number of hydrogen-bond donors (Lipinski definition) is 3. The van der Waals surface area contributed by atoms with Crippen molar-refractivity contribution in [3.63, 3.8) is 0 Å². The van der Waals surface area contributed by atoms with E-state index in [4.69, 9.17) is 4.74 Å². The summed E-state index contributed by atoms with van der Waals surface area (Å²) in [7, 11) is 0. The molecule has 0 spiro atoms. The number of ether oxygens (including phenoxy) is 1. The van der Waals surface area contributed by atoms with Gasteiger partial charge in [0.15, 0.2) is 0 Å². The lowest BCUT2D eigenvalue weighted by atomic mass is 10.0. The molecule has 4 heteroatoms. The minimum atomic E-state index is 0.122. The van der Waals surface area contributed by atoms with Crippen LogP contribution in [0.5, 0.6) is 17.2 Å². The Bertz CT molecular complexity index is 610. The molecule has 0 aliphatic carbocycles. The lowest BCUT2D eigenvalue weighted by Gasteiger charge is -2.26. The molecular formula is C17H19NO3. The molecule has 1 aliphatic rings. The van der Waals surface area contributed by atoms with Crippen LogP contribution in [-0.2, 0) is 13.0 Å². The molecule has 0 bridgehead atoms. The first-order valence-corrected chi connectivity index (χ1v) is 7.18. The predicted octanol–water partition coefficient (Wildman–Crippen LogP) is 2.58. The molecule has 3 rings (SSSR count). The number of phenols is 2. The zero-order chi connectivity index (χ0) is 14.7. The minimum absolute atomic E-state index is 0.122. The molecule has 4 nitrogen and oxygen atoms in total. The molecule has 0 amide bonds. The van der Waals surface area contributed by atoms with Crippen LogP contribution >= 0.6 is 0 Å². The molecule has 1 heterocycles. The van der Waals surface area contributed by atoms with Crippen molar-refractivity contribution in [1.82, 2.24) is 5.32 Å². The van der Waals surface area contributed by atoms with Crippen LogP contribution in [0.25, 0.3) is 0 Å². The molecule has 0 radical (unpaired) electrons. The number of rotatable bonds is 4. The van der Waals surface area contributed by atoms with Gasteiger partial charge in [-0.25, -0.2) is 0 Å². The number of benzene rings is 2. The average Bonchev–Trinajstić information content (AvgIpc) is 2.49. The summed E-state index contributed by atoms with van der Waals surface area (Å²) in [6.45, 7) is 1.50. The van der Waals surface area contributed by atoms with Gasteiger partial charge in [-0.3, -0.25) is 0 Å². The smallest absolute Gasteiger partial charge is 0.126 e. The summed E-state index contributed by atoms with van der Waals surface area (Å²) in [4.78, 5) is 0. The molecule has 0 aromatic heterocycles. The van der Waals surface area contributed by atoms with Gasteiger partial charge in [0, 0.05) is 19.2 Å². The quantitative estimate of drug-likeness (QED) is 0.808. The van der Waals surface area contributed by atoms with Crippen molar-refractivity contribution in [2.75, 3.05) is 6.54 Å². The van der Waals surface area contributed by atoms with Crippen LogP contribution < -0.4 is 10.1 Å². The van der Waals surface area contributed by atoms with Gasteiger partial charge in [-0.15, -0.1) is 0 Å². The van der Waals surface area contributed by atoms with Crippen molar-refractivity contribution in [3.8, 4) is 17.2 Å². The van der Waals surface area contributed by atoms with Crippen LogP contribution in [-0.4, -0.2) is 22.9 Å². The summed E-state index contributed by atoms with van der Waals surface area (Å²) in [5.74, 6) is 1.31. The standard InChI is InChI=1S/C17H19NO3/c19-14-5-1-12(2-6-14)10-18-11-16-8-4-13-3-7-15(20)9-17(13)21-16/h1-3,5-7,9,16,18-20H,4,8,10-11H2. The van der Waals surface area contributed by atoms with Gasteiger partial charge in [0.25, 0.3) is 0 Å². The topological polar surface area (TPSA) is 61.7 Å². The van der Waals surface area contributed by atoms with Gasteiger partial charge in [-0.1, -0.05) is 18.2 Å². The molecule has 1 atom stereocenters. The van der Waals surface area contributed by atoms with Gasteiger partial charge in [-0.2, -0.15) is 0 Å². The maximum absolute atomic E-state index is 9.51. The first kappa shape index (κ1) is 13.8. The number of phenolic OH excluding ortho intramolecular Hbond substituents is 2. The summed E-state index contributed by atoms with van der Waals surface area (Å²) in [5, 5.41) is 22.1. The predicted molar refractivity (Wildman–Crippen MR) is 80.7 cm³/mol. The van der Waals surface area contributed by atoms with Crippen LogP contribution in [0.2, 0.25) is 0 Å². The van der Waals surface area contributed by atoms with Gasteiger partial charge >= 0.3 is 0 Å². The molecule has 110 valence electrons. The van der Waals surface area contributed by atoms with Crippen molar-refractivity contribution < 1.29 is 14.9 Å². The Morgan fingerprint density at radius 1 is 1.05 bits per heavy atom. The van der Waals surface area contributed by atoms with E-state index in [-0.39, 0.29) is 17.6 Å². The molecule has 2 aromatic rings. The van der Waals surface area contributed by atoms with Gasteiger partial charge in [-0.05, 0) is 42.2 Å². The Morgan fingerprint density at radius 2 is 1.81 bits per heavy atom. The monoisotopic (exact) mass is 285 g/mol. The average molecular weight is 285 g/mol. The molecule has 0 saturated heterocycles. The van der Waals surface area contributed by atoms with Crippen molar-refractivity contribution in [2.24, 2.45) is 0 Å². The first-order valence-electron chi connectivity index (χ1n) is 7.18. The Labute approximate surface area is 124 Å². The van der Waals surface area contributed by atoms with Gasteiger partial charge in [0.1, 0.15) is 23.4 Å². The van der Waals surface area contributed by atoms with E-state index in [0.717, 1.165) is 42.8 Å². The van der Waals surface area contributed by atoms with Crippen LogP contribution in [0.15, 0.2) is 42.5 Å². The number of aryl methyl sites for hydroxylation is 1. The highest BCUT2D eigenvalue weighted by Gasteiger charge is 2.19. The van der Waals surface area contributed by atoms with Crippen LogP contribution in [0.1, 0.15) is 17.5 Å². The number of nitrogens with one attached hydrogen (secondary N) is 1. The van der Waals surface area contributed by atoms with E-state index in [2.05, 4.69) is 5.32 Å². The summed E-state index contributed by atoms with van der Waals surface area (Å²) in [6.07, 6.45) is 2.07. The van der Waals surface area contributed by atoms with Gasteiger partial charge in [0.05, 0.1) is 0 Å². The molecule has 0 fully saturated rings. The Hall–Kier alpha value is -2.20. The van der Waals surface area contributed by atoms with E-state index in [1.165, 1.54) is 0 Å². The van der Waals surface area contributed by atoms with E-state index in [9.17, 15) is 10.2 Å². The largest absolute Gasteiger partial charge is 0.508 e. The van der Waals surface area contributed by atoms with E-state index in [1.807, 2.05) is 18.2 Å². The zero-order valence-corrected chi connectivity index (χ0v) is 11.7. The highest BCUT2D eigenvalue weighted by Crippen LogP contribution is 2.30. The van der Waals surface area contributed by atoms with Crippen molar-refractivity contribution in [2.45, 2.75) is 25.5 Å². The summed E-state index contributed by atoms with van der Waals surface area (Å²) in [6, 6.07) is 12.5. The fourth-order valence-corrected chi connectivity index (χ4v) is 2.55.